The van der Waals surface area contributed by atoms with E-state index in [1.807, 2.05) is 0 Å². The third kappa shape index (κ3) is 1.44. The van der Waals surface area contributed by atoms with Crippen molar-refractivity contribution in [3.63, 3.8) is 0 Å². The molecular formula is C9H14. The van der Waals surface area contributed by atoms with Gasteiger partial charge in [0.15, 0.2) is 0 Å². The maximum absolute atomic E-state index is 2.30. The first-order chi connectivity index (χ1) is 4.34. The van der Waals surface area contributed by atoms with Crippen LogP contribution in [0, 0.1) is 11.8 Å². The zero-order chi connectivity index (χ0) is 6.69. The molecule has 1 aliphatic rings. The molecule has 0 fully saturated rings. The van der Waals surface area contributed by atoms with Gasteiger partial charge in [-0.2, -0.15) is 0 Å². The Morgan fingerprint density at radius 1 is 1.33 bits per heavy atom. The zero-order valence-electron chi connectivity index (χ0n) is 6.17. The molecule has 0 saturated carbocycles. The van der Waals surface area contributed by atoms with Gasteiger partial charge < -0.3 is 0 Å². The van der Waals surface area contributed by atoms with Gasteiger partial charge in [-0.25, -0.2) is 0 Å². The summed E-state index contributed by atoms with van der Waals surface area (Å²) in [5, 5.41) is 0. The molecule has 0 saturated heterocycles. The first-order valence-corrected chi connectivity index (χ1v) is 3.69. The maximum atomic E-state index is 2.30. The molecular weight excluding hydrogens is 108 g/mol. The van der Waals surface area contributed by atoms with Crippen LogP contribution in [0.15, 0.2) is 24.3 Å². The molecule has 0 heteroatoms. The van der Waals surface area contributed by atoms with E-state index in [2.05, 4.69) is 38.2 Å². The van der Waals surface area contributed by atoms with Gasteiger partial charge in [0.25, 0.3) is 0 Å². The standard InChI is InChI=1S/C9H14/c1-3-8(2)9-6-4-5-7-9/h4-9H,3H2,1-2H3. The molecule has 0 radical (unpaired) electrons. The third-order valence-electron chi connectivity index (χ3n) is 2.08. The van der Waals surface area contributed by atoms with Crippen molar-refractivity contribution in [2.45, 2.75) is 20.3 Å². The molecule has 0 amide bonds. The number of rotatable bonds is 2. The molecule has 1 atom stereocenters. The second-order valence-electron chi connectivity index (χ2n) is 2.73. The highest BCUT2D eigenvalue weighted by Crippen LogP contribution is 2.21. The van der Waals surface area contributed by atoms with Crippen LogP contribution in [-0.2, 0) is 0 Å². The van der Waals surface area contributed by atoms with Crippen molar-refractivity contribution in [3.05, 3.63) is 24.3 Å². The fourth-order valence-corrected chi connectivity index (χ4v) is 1.10. The Balaban J connectivity index is 2.43. The quantitative estimate of drug-likeness (QED) is 0.528. The summed E-state index contributed by atoms with van der Waals surface area (Å²) in [5.41, 5.74) is 0. The zero-order valence-corrected chi connectivity index (χ0v) is 6.17. The fourth-order valence-electron chi connectivity index (χ4n) is 1.10. The van der Waals surface area contributed by atoms with E-state index in [-0.39, 0.29) is 0 Å². The monoisotopic (exact) mass is 122 g/mol. The average Bonchev–Trinajstić information content (AvgIpc) is 2.37. The van der Waals surface area contributed by atoms with Gasteiger partial charge >= 0.3 is 0 Å². The van der Waals surface area contributed by atoms with E-state index in [0.29, 0.717) is 0 Å². The van der Waals surface area contributed by atoms with Crippen LogP contribution in [0.25, 0.3) is 0 Å². The van der Waals surface area contributed by atoms with E-state index in [9.17, 15) is 0 Å². The lowest BCUT2D eigenvalue weighted by atomic mass is 9.94. The summed E-state index contributed by atoms with van der Waals surface area (Å²) in [6.45, 7) is 4.54. The van der Waals surface area contributed by atoms with Gasteiger partial charge in [0.05, 0.1) is 0 Å². The Bertz CT molecular complexity index is 119. The molecule has 0 N–H and O–H groups in total. The summed E-state index contributed by atoms with van der Waals surface area (Å²) in [6.07, 6.45) is 10.1. The lowest BCUT2D eigenvalue weighted by Gasteiger charge is -2.11. The lowest BCUT2D eigenvalue weighted by molar-refractivity contribution is 0.487. The summed E-state index contributed by atoms with van der Waals surface area (Å²) in [6, 6.07) is 0. The molecule has 0 aromatic carbocycles. The highest BCUT2D eigenvalue weighted by molar-refractivity contribution is 5.18. The SMILES string of the molecule is CCC(C)C1C=CC=C1. The van der Waals surface area contributed by atoms with Crippen molar-refractivity contribution in [3.8, 4) is 0 Å². The molecule has 0 spiro atoms. The Morgan fingerprint density at radius 3 is 2.33 bits per heavy atom. The van der Waals surface area contributed by atoms with Crippen molar-refractivity contribution in [2.75, 3.05) is 0 Å². The van der Waals surface area contributed by atoms with Crippen LogP contribution < -0.4 is 0 Å². The van der Waals surface area contributed by atoms with Crippen LogP contribution >= 0.6 is 0 Å². The van der Waals surface area contributed by atoms with Crippen LogP contribution in [0.1, 0.15) is 20.3 Å². The summed E-state index contributed by atoms with van der Waals surface area (Å²) in [4.78, 5) is 0. The highest BCUT2D eigenvalue weighted by Gasteiger charge is 2.09. The second kappa shape index (κ2) is 2.86. The van der Waals surface area contributed by atoms with Crippen molar-refractivity contribution >= 4 is 0 Å². The first-order valence-electron chi connectivity index (χ1n) is 3.69. The summed E-state index contributed by atoms with van der Waals surface area (Å²) < 4.78 is 0. The number of hydrogen-bond donors (Lipinski definition) is 0. The van der Waals surface area contributed by atoms with Crippen LogP contribution in [0.5, 0.6) is 0 Å². The van der Waals surface area contributed by atoms with Crippen molar-refractivity contribution in [1.82, 2.24) is 0 Å². The predicted octanol–water partition coefficient (Wildman–Crippen LogP) is 2.77. The minimum Gasteiger partial charge on any atom is -0.0774 e. The number of hydrogen-bond acceptors (Lipinski definition) is 0. The summed E-state index contributed by atoms with van der Waals surface area (Å²) in [5.74, 6) is 1.54. The second-order valence-corrected chi connectivity index (χ2v) is 2.73. The van der Waals surface area contributed by atoms with Gasteiger partial charge in [0.2, 0.25) is 0 Å². The summed E-state index contributed by atoms with van der Waals surface area (Å²) >= 11 is 0. The molecule has 0 aliphatic heterocycles. The predicted molar refractivity (Wildman–Crippen MR) is 41.2 cm³/mol. The molecule has 1 rings (SSSR count). The minimum absolute atomic E-state index is 0.718. The molecule has 1 aliphatic carbocycles. The molecule has 0 nitrogen and oxygen atoms in total. The minimum atomic E-state index is 0.718. The molecule has 0 aromatic rings. The van der Waals surface area contributed by atoms with Crippen molar-refractivity contribution in [1.29, 1.82) is 0 Å². The van der Waals surface area contributed by atoms with Gasteiger partial charge in [-0.1, -0.05) is 44.6 Å². The van der Waals surface area contributed by atoms with E-state index < -0.39 is 0 Å². The fraction of sp³-hybridized carbons (Fsp3) is 0.556. The molecule has 9 heavy (non-hydrogen) atoms. The van der Waals surface area contributed by atoms with Crippen LogP contribution in [0.2, 0.25) is 0 Å². The topological polar surface area (TPSA) is 0 Å². The highest BCUT2D eigenvalue weighted by atomic mass is 14.1. The van der Waals surface area contributed by atoms with Crippen LogP contribution in [0.3, 0.4) is 0 Å². The van der Waals surface area contributed by atoms with E-state index in [4.69, 9.17) is 0 Å². The normalized spacial score (nSPS) is 21.1. The third-order valence-corrected chi connectivity index (χ3v) is 2.08. The summed E-state index contributed by atoms with van der Waals surface area (Å²) in [7, 11) is 0. The van der Waals surface area contributed by atoms with E-state index in [1.54, 1.807) is 0 Å². The van der Waals surface area contributed by atoms with Gasteiger partial charge in [-0.15, -0.1) is 0 Å². The van der Waals surface area contributed by atoms with Crippen LogP contribution in [0.4, 0.5) is 0 Å². The molecule has 0 aromatic heterocycles. The smallest absolute Gasteiger partial charge is 0.00217 e. The maximum Gasteiger partial charge on any atom is -0.00217 e. The van der Waals surface area contributed by atoms with Gasteiger partial charge in [-0.3, -0.25) is 0 Å². The Morgan fingerprint density at radius 2 is 1.89 bits per heavy atom. The van der Waals surface area contributed by atoms with E-state index in [0.717, 1.165) is 11.8 Å². The Hall–Kier alpha value is -0.520. The molecule has 0 bridgehead atoms. The van der Waals surface area contributed by atoms with E-state index >= 15 is 0 Å². The molecule has 0 heterocycles. The lowest BCUT2D eigenvalue weighted by Crippen LogP contribution is -2.02. The molecule has 50 valence electrons. The van der Waals surface area contributed by atoms with Gasteiger partial charge in [0.1, 0.15) is 0 Å². The average molecular weight is 122 g/mol. The van der Waals surface area contributed by atoms with Crippen LogP contribution in [-0.4, -0.2) is 0 Å². The largest absolute Gasteiger partial charge is 0.0774 e. The van der Waals surface area contributed by atoms with Crippen molar-refractivity contribution in [2.24, 2.45) is 11.8 Å². The first kappa shape index (κ1) is 6.60. The van der Waals surface area contributed by atoms with Gasteiger partial charge in [0, 0.05) is 0 Å². The van der Waals surface area contributed by atoms with Crippen molar-refractivity contribution < 1.29 is 0 Å². The molecule has 1 unspecified atom stereocenters. The van der Waals surface area contributed by atoms with Gasteiger partial charge in [-0.05, 0) is 11.8 Å². The number of allylic oxidation sites excluding steroid dienone is 4. The van der Waals surface area contributed by atoms with E-state index in [1.165, 1.54) is 6.42 Å². The Labute approximate surface area is 57.3 Å². The Kier molecular flexibility index (Phi) is 2.10.